The summed E-state index contributed by atoms with van der Waals surface area (Å²) in [6.45, 7) is 6.61. The van der Waals surface area contributed by atoms with Crippen molar-refractivity contribution in [2.45, 2.75) is 13.5 Å². The SMILES string of the molecule is C=CCn1c(C)c(C=C2NC(=S)N(c3ccc(OC)cc3)C2=O)c2ccccc21. The first-order valence-electron chi connectivity index (χ1n) is 9.25. The molecular formula is C23H21N3O2S. The minimum atomic E-state index is -0.180. The molecule has 6 heteroatoms. The molecule has 146 valence electrons. The number of para-hydroxylation sites is 1. The van der Waals surface area contributed by atoms with Crippen molar-refractivity contribution in [3.05, 3.63) is 78.1 Å². The highest BCUT2D eigenvalue weighted by atomic mass is 32.1. The van der Waals surface area contributed by atoms with E-state index in [0.717, 1.165) is 27.9 Å². The van der Waals surface area contributed by atoms with Crippen LogP contribution in [0.1, 0.15) is 11.3 Å². The fraction of sp³-hybridized carbons (Fsp3) is 0.130. The van der Waals surface area contributed by atoms with E-state index in [-0.39, 0.29) is 5.91 Å². The number of nitrogens with one attached hydrogen (secondary N) is 1. The van der Waals surface area contributed by atoms with Crippen molar-refractivity contribution < 1.29 is 9.53 Å². The smallest absolute Gasteiger partial charge is 0.281 e. The molecule has 0 bridgehead atoms. The Balaban J connectivity index is 1.76. The molecule has 1 fully saturated rings. The van der Waals surface area contributed by atoms with E-state index in [0.29, 0.717) is 23.0 Å². The number of ether oxygens (including phenoxy) is 1. The van der Waals surface area contributed by atoms with Gasteiger partial charge in [-0.25, -0.2) is 0 Å². The molecule has 1 saturated heterocycles. The Morgan fingerprint density at radius 1 is 1.17 bits per heavy atom. The maximum Gasteiger partial charge on any atom is 0.281 e. The molecule has 2 heterocycles. The zero-order chi connectivity index (χ0) is 20.5. The second kappa shape index (κ2) is 7.56. The first-order chi connectivity index (χ1) is 14.0. The van der Waals surface area contributed by atoms with Gasteiger partial charge in [0.05, 0.1) is 12.8 Å². The molecular weight excluding hydrogens is 382 g/mol. The molecule has 1 amide bonds. The van der Waals surface area contributed by atoms with Crippen LogP contribution in [0.2, 0.25) is 0 Å². The zero-order valence-corrected chi connectivity index (χ0v) is 17.1. The van der Waals surface area contributed by atoms with E-state index in [2.05, 4.69) is 35.5 Å². The van der Waals surface area contributed by atoms with Crippen molar-refractivity contribution in [3.8, 4) is 5.75 Å². The van der Waals surface area contributed by atoms with E-state index >= 15 is 0 Å². The van der Waals surface area contributed by atoms with Gasteiger partial charge in [0.15, 0.2) is 5.11 Å². The van der Waals surface area contributed by atoms with Gasteiger partial charge in [0, 0.05) is 28.7 Å². The maximum absolute atomic E-state index is 13.1. The first kappa shape index (κ1) is 19.0. The van der Waals surface area contributed by atoms with Gasteiger partial charge in [-0.2, -0.15) is 0 Å². The van der Waals surface area contributed by atoms with Crippen LogP contribution in [0.5, 0.6) is 5.75 Å². The minimum Gasteiger partial charge on any atom is -0.497 e. The third-order valence-corrected chi connectivity index (χ3v) is 5.37. The lowest BCUT2D eigenvalue weighted by Gasteiger charge is -2.14. The number of hydrogen-bond acceptors (Lipinski definition) is 3. The molecule has 0 radical (unpaired) electrons. The second-order valence-corrected chi connectivity index (χ2v) is 7.13. The summed E-state index contributed by atoms with van der Waals surface area (Å²) in [5, 5.41) is 4.52. The van der Waals surface area contributed by atoms with Crippen molar-refractivity contribution >= 4 is 45.9 Å². The molecule has 1 N–H and O–H groups in total. The van der Waals surface area contributed by atoms with Crippen molar-refractivity contribution in [2.75, 3.05) is 12.0 Å². The molecule has 29 heavy (non-hydrogen) atoms. The molecule has 5 nitrogen and oxygen atoms in total. The topological polar surface area (TPSA) is 46.5 Å². The molecule has 2 aromatic carbocycles. The Morgan fingerprint density at radius 2 is 1.90 bits per heavy atom. The van der Waals surface area contributed by atoms with Gasteiger partial charge in [0.2, 0.25) is 0 Å². The Bertz CT molecular complexity index is 1160. The number of thiocarbonyl (C=S) groups is 1. The van der Waals surface area contributed by atoms with E-state index in [4.69, 9.17) is 17.0 Å². The zero-order valence-electron chi connectivity index (χ0n) is 16.3. The summed E-state index contributed by atoms with van der Waals surface area (Å²) >= 11 is 5.43. The summed E-state index contributed by atoms with van der Waals surface area (Å²) in [6.07, 6.45) is 3.76. The fourth-order valence-corrected chi connectivity index (χ4v) is 3.95. The summed E-state index contributed by atoms with van der Waals surface area (Å²) < 4.78 is 7.38. The third kappa shape index (κ3) is 3.21. The van der Waals surface area contributed by atoms with Gasteiger partial charge in [0.1, 0.15) is 11.4 Å². The fourth-order valence-electron chi connectivity index (χ4n) is 3.65. The van der Waals surface area contributed by atoms with Gasteiger partial charge in [-0.15, -0.1) is 6.58 Å². The molecule has 1 aliphatic rings. The lowest BCUT2D eigenvalue weighted by Crippen LogP contribution is -2.30. The monoisotopic (exact) mass is 403 g/mol. The molecule has 3 aromatic rings. The second-order valence-electron chi connectivity index (χ2n) is 6.74. The average Bonchev–Trinajstić information content (AvgIpc) is 3.16. The molecule has 1 aromatic heterocycles. The van der Waals surface area contributed by atoms with Gasteiger partial charge in [0.25, 0.3) is 5.91 Å². The van der Waals surface area contributed by atoms with Gasteiger partial charge in [-0.05, 0) is 55.5 Å². The first-order valence-corrected chi connectivity index (χ1v) is 9.66. The van der Waals surface area contributed by atoms with Crippen LogP contribution in [0.3, 0.4) is 0 Å². The molecule has 1 aliphatic heterocycles. The van der Waals surface area contributed by atoms with Crippen molar-refractivity contribution in [1.29, 1.82) is 0 Å². The van der Waals surface area contributed by atoms with Crippen molar-refractivity contribution in [2.24, 2.45) is 0 Å². The molecule has 0 aliphatic carbocycles. The van der Waals surface area contributed by atoms with Crippen LogP contribution in [-0.4, -0.2) is 22.7 Å². The number of carbonyl (C=O) groups is 1. The largest absolute Gasteiger partial charge is 0.497 e. The van der Waals surface area contributed by atoms with E-state index in [9.17, 15) is 4.79 Å². The highest BCUT2D eigenvalue weighted by molar-refractivity contribution is 7.80. The van der Waals surface area contributed by atoms with Crippen LogP contribution in [0.25, 0.3) is 17.0 Å². The number of anilines is 1. The van der Waals surface area contributed by atoms with Crippen LogP contribution in [0, 0.1) is 6.92 Å². The van der Waals surface area contributed by atoms with Gasteiger partial charge in [-0.3, -0.25) is 9.69 Å². The predicted octanol–water partition coefficient (Wildman–Crippen LogP) is 4.41. The van der Waals surface area contributed by atoms with Gasteiger partial charge in [-0.1, -0.05) is 24.3 Å². The van der Waals surface area contributed by atoms with Crippen LogP contribution in [0.15, 0.2) is 66.9 Å². The lowest BCUT2D eigenvalue weighted by atomic mass is 10.1. The van der Waals surface area contributed by atoms with Crippen LogP contribution in [0.4, 0.5) is 5.69 Å². The van der Waals surface area contributed by atoms with Crippen molar-refractivity contribution in [3.63, 3.8) is 0 Å². The number of carbonyl (C=O) groups excluding carboxylic acids is 1. The number of allylic oxidation sites excluding steroid dienone is 1. The molecule has 0 atom stereocenters. The summed E-state index contributed by atoms with van der Waals surface area (Å²) in [7, 11) is 1.61. The summed E-state index contributed by atoms with van der Waals surface area (Å²) in [6, 6.07) is 15.4. The van der Waals surface area contributed by atoms with Crippen LogP contribution in [-0.2, 0) is 11.3 Å². The number of fused-ring (bicyclic) bond motifs is 1. The number of amides is 1. The summed E-state index contributed by atoms with van der Waals surface area (Å²) in [4.78, 5) is 14.6. The molecule has 0 unspecified atom stereocenters. The number of aromatic nitrogens is 1. The Kier molecular flexibility index (Phi) is 4.94. The van der Waals surface area contributed by atoms with Crippen LogP contribution < -0.4 is 15.0 Å². The van der Waals surface area contributed by atoms with E-state index < -0.39 is 0 Å². The van der Waals surface area contributed by atoms with Crippen LogP contribution >= 0.6 is 12.2 Å². The number of methoxy groups -OCH3 is 1. The average molecular weight is 404 g/mol. The quantitative estimate of drug-likeness (QED) is 0.390. The highest BCUT2D eigenvalue weighted by Crippen LogP contribution is 2.30. The van der Waals surface area contributed by atoms with E-state index in [1.807, 2.05) is 36.4 Å². The summed E-state index contributed by atoms with van der Waals surface area (Å²) in [5.74, 6) is 0.542. The highest BCUT2D eigenvalue weighted by Gasteiger charge is 2.32. The number of hydrogen-bond donors (Lipinski definition) is 1. The summed E-state index contributed by atoms with van der Waals surface area (Å²) in [5.41, 5.74) is 4.33. The Hall–Kier alpha value is -3.38. The minimum absolute atomic E-state index is 0.180. The molecule has 0 spiro atoms. The van der Waals surface area contributed by atoms with E-state index in [1.54, 1.807) is 19.2 Å². The normalized spacial score (nSPS) is 15.2. The van der Waals surface area contributed by atoms with Gasteiger partial charge >= 0.3 is 0 Å². The number of benzene rings is 2. The van der Waals surface area contributed by atoms with Crippen molar-refractivity contribution in [1.82, 2.24) is 9.88 Å². The van der Waals surface area contributed by atoms with E-state index in [1.165, 1.54) is 4.90 Å². The number of nitrogens with zero attached hydrogens (tertiary/aromatic N) is 2. The Labute approximate surface area is 174 Å². The predicted molar refractivity (Wildman–Crippen MR) is 121 cm³/mol. The standard InChI is InChI=1S/C23H21N3O2S/c1-4-13-25-15(2)19(18-7-5-6-8-21(18)25)14-20-22(27)26(23(29)24-20)16-9-11-17(28-3)12-10-16/h4-12,14H,1,13H2,2-3H3,(H,24,29). The molecule has 4 rings (SSSR count). The Morgan fingerprint density at radius 3 is 2.59 bits per heavy atom. The maximum atomic E-state index is 13.1. The lowest BCUT2D eigenvalue weighted by molar-refractivity contribution is -0.113. The van der Waals surface area contributed by atoms with Gasteiger partial charge < -0.3 is 14.6 Å². The molecule has 0 saturated carbocycles. The number of rotatable bonds is 5. The third-order valence-electron chi connectivity index (χ3n) is 5.09.